The van der Waals surface area contributed by atoms with Gasteiger partial charge in [0.15, 0.2) is 6.23 Å². The zero-order chi connectivity index (χ0) is 14.4. The molecule has 1 aliphatic heterocycles. The van der Waals surface area contributed by atoms with E-state index in [1.54, 1.807) is 10.9 Å². The summed E-state index contributed by atoms with van der Waals surface area (Å²) < 4.78 is 8.87. The molecule has 0 aliphatic carbocycles. The minimum Gasteiger partial charge on any atom is -0.394 e. The van der Waals surface area contributed by atoms with Gasteiger partial charge in [-0.2, -0.15) is 0 Å². The Morgan fingerprint density at radius 1 is 1.20 bits per heavy atom. The van der Waals surface area contributed by atoms with E-state index in [0.717, 1.165) is 20.0 Å². The van der Waals surface area contributed by atoms with Gasteiger partial charge >= 0.3 is 0 Å². The summed E-state index contributed by atoms with van der Waals surface area (Å²) >= 11 is 6.82. The summed E-state index contributed by atoms with van der Waals surface area (Å²) in [7, 11) is 0. The number of aliphatic hydroxyl groups is 3. The highest BCUT2D eigenvalue weighted by molar-refractivity contribution is 9.13. The van der Waals surface area contributed by atoms with Crippen molar-refractivity contribution < 1.29 is 20.1 Å². The van der Waals surface area contributed by atoms with Crippen LogP contribution in [0.1, 0.15) is 6.23 Å². The summed E-state index contributed by atoms with van der Waals surface area (Å²) in [6.45, 7) is -0.351. The van der Waals surface area contributed by atoms with Crippen molar-refractivity contribution in [1.82, 2.24) is 9.55 Å². The molecule has 0 unspecified atom stereocenters. The smallest absolute Gasteiger partial charge is 0.164 e. The molecule has 6 nitrogen and oxygen atoms in total. The summed E-state index contributed by atoms with van der Waals surface area (Å²) in [6, 6.07) is 3.69. The summed E-state index contributed by atoms with van der Waals surface area (Å²) in [4.78, 5) is 4.25. The van der Waals surface area contributed by atoms with Gasteiger partial charge in [-0.25, -0.2) is 4.98 Å². The van der Waals surface area contributed by atoms with E-state index >= 15 is 0 Å². The monoisotopic (exact) mass is 406 g/mol. The summed E-state index contributed by atoms with van der Waals surface area (Å²) in [5, 5.41) is 29.0. The van der Waals surface area contributed by atoms with Crippen LogP contribution < -0.4 is 0 Å². The predicted molar refractivity (Wildman–Crippen MR) is 78.1 cm³/mol. The number of nitrogens with zero attached hydrogens (tertiary/aromatic N) is 2. The second kappa shape index (κ2) is 5.36. The maximum Gasteiger partial charge on any atom is 0.164 e. The van der Waals surface area contributed by atoms with Crippen LogP contribution in [0.5, 0.6) is 0 Å². The highest BCUT2D eigenvalue weighted by Gasteiger charge is 2.43. The molecular weight excluding hydrogens is 396 g/mol. The average Bonchev–Trinajstić information content (AvgIpc) is 2.94. The molecule has 2 aromatic rings. The molecule has 3 N–H and O–H groups in total. The molecule has 1 fully saturated rings. The van der Waals surface area contributed by atoms with Gasteiger partial charge in [-0.15, -0.1) is 0 Å². The van der Waals surface area contributed by atoms with Crippen LogP contribution >= 0.6 is 31.9 Å². The SMILES string of the molecule is OC[C@H]1O[C@@H](n2cnc3cc(Br)c(Br)cc32)[C@H](O)[C@@H]1O. The predicted octanol–water partition coefficient (Wildman–Crippen LogP) is 1.17. The maximum absolute atomic E-state index is 10.1. The lowest BCUT2D eigenvalue weighted by atomic mass is 10.1. The van der Waals surface area contributed by atoms with E-state index in [1.807, 2.05) is 12.1 Å². The summed E-state index contributed by atoms with van der Waals surface area (Å²) in [6.07, 6.45) is -2.27. The second-order valence-corrected chi connectivity index (χ2v) is 6.34. The van der Waals surface area contributed by atoms with Crippen LogP contribution in [-0.2, 0) is 4.74 Å². The van der Waals surface area contributed by atoms with Crippen molar-refractivity contribution in [2.45, 2.75) is 24.5 Å². The van der Waals surface area contributed by atoms with Crippen LogP contribution in [0.2, 0.25) is 0 Å². The zero-order valence-corrected chi connectivity index (χ0v) is 13.3. The zero-order valence-electron chi connectivity index (χ0n) is 10.1. The number of halogens is 2. The number of fused-ring (bicyclic) bond motifs is 1. The Balaban J connectivity index is 2.05. The lowest BCUT2D eigenvalue weighted by Gasteiger charge is -2.17. The van der Waals surface area contributed by atoms with Crippen molar-refractivity contribution in [3.05, 3.63) is 27.4 Å². The number of aromatic nitrogens is 2. The van der Waals surface area contributed by atoms with Gasteiger partial charge < -0.3 is 24.6 Å². The third kappa shape index (κ3) is 2.20. The van der Waals surface area contributed by atoms with Gasteiger partial charge in [0.05, 0.1) is 24.0 Å². The molecule has 0 bridgehead atoms. The molecule has 20 heavy (non-hydrogen) atoms. The van der Waals surface area contributed by atoms with Crippen molar-refractivity contribution >= 4 is 42.9 Å². The molecule has 1 aromatic carbocycles. The first-order valence-electron chi connectivity index (χ1n) is 5.97. The van der Waals surface area contributed by atoms with Gasteiger partial charge in [-0.1, -0.05) is 0 Å². The Morgan fingerprint density at radius 2 is 1.90 bits per heavy atom. The fourth-order valence-electron chi connectivity index (χ4n) is 2.34. The average molecular weight is 408 g/mol. The van der Waals surface area contributed by atoms with Crippen LogP contribution in [0.15, 0.2) is 27.4 Å². The van der Waals surface area contributed by atoms with Crippen LogP contribution in [0.3, 0.4) is 0 Å². The van der Waals surface area contributed by atoms with E-state index in [4.69, 9.17) is 9.84 Å². The van der Waals surface area contributed by atoms with Gasteiger partial charge in [-0.3, -0.25) is 0 Å². The van der Waals surface area contributed by atoms with Crippen molar-refractivity contribution in [2.75, 3.05) is 6.61 Å². The Kier molecular flexibility index (Phi) is 3.87. The van der Waals surface area contributed by atoms with Crippen molar-refractivity contribution in [3.8, 4) is 0 Å². The highest BCUT2D eigenvalue weighted by atomic mass is 79.9. The molecule has 0 saturated carbocycles. The van der Waals surface area contributed by atoms with Crippen LogP contribution in [-0.4, -0.2) is 49.8 Å². The molecule has 0 spiro atoms. The van der Waals surface area contributed by atoms with E-state index in [9.17, 15) is 10.2 Å². The minimum absolute atomic E-state index is 0.351. The van der Waals surface area contributed by atoms with Gasteiger partial charge in [0, 0.05) is 8.95 Å². The highest BCUT2D eigenvalue weighted by Crippen LogP contribution is 2.34. The molecule has 108 valence electrons. The first-order valence-corrected chi connectivity index (χ1v) is 7.55. The fourth-order valence-corrected chi connectivity index (χ4v) is 3.00. The quantitative estimate of drug-likeness (QED) is 0.695. The minimum atomic E-state index is -1.12. The topological polar surface area (TPSA) is 87.7 Å². The Labute approximate surface area is 131 Å². The molecule has 1 aromatic heterocycles. The summed E-state index contributed by atoms with van der Waals surface area (Å²) in [5.74, 6) is 0. The van der Waals surface area contributed by atoms with E-state index in [1.165, 1.54) is 0 Å². The standard InChI is InChI=1S/C12H12Br2N2O4/c13-5-1-7-8(2-6(5)14)16(4-15-7)12-11(19)10(18)9(3-17)20-12/h1-2,4,9-12,17-19H,3H2/t9-,10-,11-,12-/m1/s1. The van der Waals surface area contributed by atoms with Crippen molar-refractivity contribution in [1.29, 1.82) is 0 Å². The number of ether oxygens (including phenoxy) is 1. The van der Waals surface area contributed by atoms with Crippen molar-refractivity contribution in [2.24, 2.45) is 0 Å². The molecule has 3 rings (SSSR count). The third-order valence-electron chi connectivity index (χ3n) is 3.41. The number of aliphatic hydroxyl groups excluding tert-OH is 3. The number of benzene rings is 1. The number of rotatable bonds is 2. The van der Waals surface area contributed by atoms with E-state index in [-0.39, 0.29) is 6.61 Å². The first kappa shape index (κ1) is 14.4. The van der Waals surface area contributed by atoms with Crippen LogP contribution in [0, 0.1) is 0 Å². The molecule has 0 radical (unpaired) electrons. The number of hydrogen-bond acceptors (Lipinski definition) is 5. The van der Waals surface area contributed by atoms with Crippen molar-refractivity contribution in [3.63, 3.8) is 0 Å². The van der Waals surface area contributed by atoms with E-state index in [0.29, 0.717) is 0 Å². The summed E-state index contributed by atoms with van der Waals surface area (Å²) in [5.41, 5.74) is 1.49. The Bertz CT molecular complexity index is 648. The van der Waals surface area contributed by atoms with Crippen LogP contribution in [0.4, 0.5) is 0 Å². The van der Waals surface area contributed by atoms with Gasteiger partial charge in [0.25, 0.3) is 0 Å². The maximum atomic E-state index is 10.1. The number of imidazole rings is 1. The molecule has 4 atom stereocenters. The molecule has 8 heteroatoms. The fraction of sp³-hybridized carbons (Fsp3) is 0.417. The normalized spacial score (nSPS) is 30.2. The molecule has 0 amide bonds. The molecular formula is C12H12Br2N2O4. The molecule has 1 saturated heterocycles. The Hall–Kier alpha value is -0.510. The van der Waals surface area contributed by atoms with Gasteiger partial charge in [0.2, 0.25) is 0 Å². The Morgan fingerprint density at radius 3 is 2.55 bits per heavy atom. The van der Waals surface area contributed by atoms with Gasteiger partial charge in [-0.05, 0) is 44.0 Å². The number of hydrogen-bond donors (Lipinski definition) is 3. The van der Waals surface area contributed by atoms with E-state index < -0.39 is 24.5 Å². The van der Waals surface area contributed by atoms with Crippen LogP contribution in [0.25, 0.3) is 11.0 Å². The molecule has 2 heterocycles. The molecule has 1 aliphatic rings. The second-order valence-electron chi connectivity index (χ2n) is 4.64. The lowest BCUT2D eigenvalue weighted by molar-refractivity contribution is -0.0508. The first-order chi connectivity index (χ1) is 9.52. The largest absolute Gasteiger partial charge is 0.394 e. The van der Waals surface area contributed by atoms with Gasteiger partial charge in [0.1, 0.15) is 18.3 Å². The lowest BCUT2D eigenvalue weighted by Crippen LogP contribution is -2.33. The third-order valence-corrected chi connectivity index (χ3v) is 5.25. The van der Waals surface area contributed by atoms with E-state index in [2.05, 4.69) is 36.8 Å².